The molecule has 4 aromatic rings. The van der Waals surface area contributed by atoms with Crippen LogP contribution in [0.4, 0.5) is 0 Å². The van der Waals surface area contributed by atoms with Gasteiger partial charge in [-0.05, 0) is 66.2 Å². The molecule has 0 saturated carbocycles. The summed E-state index contributed by atoms with van der Waals surface area (Å²) in [4.78, 5) is 0. The minimum absolute atomic E-state index is 0.0428. The summed E-state index contributed by atoms with van der Waals surface area (Å²) < 4.78 is 12.9. The number of hydrogen-bond acceptors (Lipinski definition) is 3. The topological polar surface area (TPSA) is 38.7 Å². The van der Waals surface area contributed by atoms with Gasteiger partial charge in [-0.2, -0.15) is 0 Å². The van der Waals surface area contributed by atoms with E-state index in [1.807, 2.05) is 0 Å². The van der Waals surface area contributed by atoms with Crippen LogP contribution in [0, 0.1) is 0 Å². The molecular weight excluding hydrogens is 587 g/mol. The summed E-state index contributed by atoms with van der Waals surface area (Å²) in [6, 6.07) is 34.7. The summed E-state index contributed by atoms with van der Waals surface area (Å²) in [7, 11) is -1.42. The Morgan fingerprint density at radius 3 is 0.875 bits per heavy atom. The van der Waals surface area contributed by atoms with Gasteiger partial charge < -0.3 is 14.3 Å². The van der Waals surface area contributed by atoms with Crippen LogP contribution in [0.15, 0.2) is 97.1 Å². The van der Waals surface area contributed by atoms with Gasteiger partial charge in [-0.15, -0.1) is 0 Å². The minimum atomic E-state index is -1.42. The van der Waals surface area contributed by atoms with Gasteiger partial charge in [0.25, 0.3) is 0 Å². The molecule has 0 spiro atoms. The Hall–Kier alpha value is -3.18. The maximum atomic E-state index is 11.5. The second kappa shape index (κ2) is 14.7. The van der Waals surface area contributed by atoms with Gasteiger partial charge in [0.1, 0.15) is 0 Å². The fourth-order valence-corrected chi connectivity index (χ4v) is 5.91. The van der Waals surface area contributed by atoms with Crippen molar-refractivity contribution in [1.82, 2.24) is 0 Å². The lowest BCUT2D eigenvalue weighted by Gasteiger charge is -2.26. The monoisotopic (exact) mass is 646 g/mol. The lowest BCUT2D eigenvalue weighted by atomic mass is 9.85. The molecule has 48 heavy (non-hydrogen) atoms. The maximum Gasteiger partial charge on any atom is 0.637 e. The molecule has 0 bridgehead atoms. The van der Waals surface area contributed by atoms with Crippen LogP contribution in [0.1, 0.15) is 140 Å². The molecule has 3 nitrogen and oxygen atoms in total. The first-order valence-electron chi connectivity index (χ1n) is 17.6. The van der Waals surface area contributed by atoms with Gasteiger partial charge in [0.2, 0.25) is 0 Å². The van der Waals surface area contributed by atoms with Crippen LogP contribution in [-0.4, -0.2) is 12.3 Å². The van der Waals surface area contributed by atoms with Crippen molar-refractivity contribution in [3.8, 4) is 0 Å². The Balaban J connectivity index is 1.62. The Morgan fingerprint density at radius 2 is 0.646 bits per heavy atom. The van der Waals surface area contributed by atoms with Crippen molar-refractivity contribution in [1.29, 1.82) is 0 Å². The largest absolute Gasteiger partial charge is 0.637 e. The molecule has 2 atom stereocenters. The van der Waals surface area contributed by atoms with Crippen molar-refractivity contribution in [2.75, 3.05) is 0 Å². The number of rotatable bonds is 10. The first-order chi connectivity index (χ1) is 22.2. The quantitative estimate of drug-likeness (QED) is 0.174. The minimum Gasteiger partial charge on any atom is -0.402 e. The predicted molar refractivity (Wildman–Crippen MR) is 204 cm³/mol. The van der Waals surface area contributed by atoms with E-state index in [4.69, 9.17) is 9.31 Å². The summed E-state index contributed by atoms with van der Waals surface area (Å²) in [6.45, 7) is 26.7. The molecule has 0 aliphatic rings. The summed E-state index contributed by atoms with van der Waals surface area (Å²) in [5, 5.41) is 11.5. The van der Waals surface area contributed by atoms with E-state index in [0.29, 0.717) is 12.8 Å². The van der Waals surface area contributed by atoms with Crippen molar-refractivity contribution in [2.24, 2.45) is 0 Å². The molecule has 0 aliphatic carbocycles. The summed E-state index contributed by atoms with van der Waals surface area (Å²) in [5.74, 6) is 0. The Kier molecular flexibility index (Phi) is 11.6. The molecule has 0 aliphatic heterocycles. The van der Waals surface area contributed by atoms with Crippen molar-refractivity contribution < 1.29 is 14.3 Å². The van der Waals surface area contributed by atoms with Crippen LogP contribution >= 0.6 is 0 Å². The molecule has 4 rings (SSSR count). The third-order valence-electron chi connectivity index (χ3n) is 9.34. The zero-order valence-electron chi connectivity index (χ0n) is 31.6. The molecular formula is C44H59BO3. The predicted octanol–water partition coefficient (Wildman–Crippen LogP) is 11.2. The Labute approximate surface area is 292 Å². The Bertz CT molecular complexity index is 1450. The van der Waals surface area contributed by atoms with Crippen LogP contribution in [-0.2, 0) is 43.8 Å². The highest BCUT2D eigenvalue weighted by atomic mass is 16.7. The van der Waals surface area contributed by atoms with Crippen LogP contribution < -0.4 is 0 Å². The van der Waals surface area contributed by atoms with Crippen molar-refractivity contribution in [3.63, 3.8) is 0 Å². The van der Waals surface area contributed by atoms with E-state index in [-0.39, 0.29) is 21.7 Å². The lowest BCUT2D eigenvalue weighted by molar-refractivity contribution is 0.0529. The van der Waals surface area contributed by atoms with E-state index in [0.717, 1.165) is 22.3 Å². The molecule has 4 aromatic carbocycles. The smallest absolute Gasteiger partial charge is 0.402 e. The first-order valence-corrected chi connectivity index (χ1v) is 17.6. The summed E-state index contributed by atoms with van der Waals surface area (Å²) in [6.07, 6.45) is 0.423. The molecule has 2 unspecified atom stereocenters. The normalized spacial score (nSPS) is 14.1. The first kappa shape index (κ1) is 37.6. The molecule has 0 fully saturated rings. The van der Waals surface area contributed by atoms with Gasteiger partial charge in [-0.3, -0.25) is 0 Å². The molecule has 0 amide bonds. The lowest BCUT2D eigenvalue weighted by Crippen LogP contribution is -2.29. The number of hydrogen-bond donors (Lipinski definition) is 1. The van der Waals surface area contributed by atoms with Gasteiger partial charge in [0, 0.05) is 12.8 Å². The van der Waals surface area contributed by atoms with E-state index >= 15 is 0 Å². The van der Waals surface area contributed by atoms with E-state index in [1.54, 1.807) is 0 Å². The van der Waals surface area contributed by atoms with Gasteiger partial charge >= 0.3 is 7.32 Å². The zero-order valence-corrected chi connectivity index (χ0v) is 31.6. The molecule has 4 heteroatoms. The highest BCUT2D eigenvalue weighted by Crippen LogP contribution is 2.32. The highest BCUT2D eigenvalue weighted by Gasteiger charge is 2.29. The second-order valence-electron chi connectivity index (χ2n) is 17.6. The van der Waals surface area contributed by atoms with Gasteiger partial charge in [-0.25, -0.2) is 0 Å². The van der Waals surface area contributed by atoms with Crippen molar-refractivity contribution >= 4 is 7.32 Å². The molecule has 0 radical (unpaired) electrons. The zero-order chi connectivity index (χ0) is 35.5. The maximum absolute atomic E-state index is 11.5. The number of benzene rings is 4. The third kappa shape index (κ3) is 10.4. The average Bonchev–Trinajstić information content (AvgIpc) is 2.99. The molecule has 0 aromatic heterocycles. The second-order valence-corrected chi connectivity index (χ2v) is 17.6. The van der Waals surface area contributed by atoms with Crippen molar-refractivity contribution in [3.05, 3.63) is 142 Å². The standard InChI is InChI=1S/C44H59BO3/c1-41(2,3)35-21-13-31(14-22-35)29-39(33-17-25-37(26-18-33)43(7,8)9)47-45(46)48-40(34-19-27-38(28-20-34)44(10,11)12)30-32-15-23-36(24-16-32)42(4,5)6/h13-28,39-40,46H,29-30H2,1-12H3. The third-order valence-corrected chi connectivity index (χ3v) is 9.34. The fraction of sp³-hybridized carbons (Fsp3) is 0.455. The SMILES string of the molecule is CC(C)(C)c1ccc(CC(OB(O)OC(Cc2ccc(C(C)(C)C)cc2)c2ccc(C(C)(C)C)cc2)c2ccc(C(C)(C)C)cc2)cc1. The van der Waals surface area contributed by atoms with Crippen molar-refractivity contribution in [2.45, 2.75) is 130 Å². The van der Waals surface area contributed by atoms with Crippen LogP contribution in [0.2, 0.25) is 0 Å². The molecule has 1 N–H and O–H groups in total. The van der Waals surface area contributed by atoms with E-state index in [2.05, 4.69) is 180 Å². The fourth-order valence-electron chi connectivity index (χ4n) is 5.91. The van der Waals surface area contributed by atoms with E-state index in [9.17, 15) is 5.02 Å². The summed E-state index contributed by atoms with van der Waals surface area (Å²) >= 11 is 0. The van der Waals surface area contributed by atoms with Crippen LogP contribution in [0.25, 0.3) is 0 Å². The Morgan fingerprint density at radius 1 is 0.417 bits per heavy atom. The summed E-state index contributed by atoms with van der Waals surface area (Å²) in [5.41, 5.74) is 9.64. The van der Waals surface area contributed by atoms with Crippen LogP contribution in [0.5, 0.6) is 0 Å². The van der Waals surface area contributed by atoms with Crippen LogP contribution in [0.3, 0.4) is 0 Å². The van der Waals surface area contributed by atoms with Gasteiger partial charge in [0.15, 0.2) is 0 Å². The highest BCUT2D eigenvalue weighted by molar-refractivity contribution is 6.34. The molecule has 0 heterocycles. The average molecular weight is 647 g/mol. The molecule has 256 valence electrons. The van der Waals surface area contributed by atoms with Gasteiger partial charge in [-0.1, -0.05) is 180 Å². The van der Waals surface area contributed by atoms with E-state index < -0.39 is 19.5 Å². The van der Waals surface area contributed by atoms with Gasteiger partial charge in [0.05, 0.1) is 12.2 Å². The van der Waals surface area contributed by atoms with E-state index in [1.165, 1.54) is 22.3 Å². The molecule has 0 saturated heterocycles.